The Morgan fingerprint density at radius 2 is 2.02 bits per heavy atom. The zero-order chi connectivity index (χ0) is 29.2. The van der Waals surface area contributed by atoms with Gasteiger partial charge in [-0.25, -0.2) is 9.18 Å². The van der Waals surface area contributed by atoms with Crippen LogP contribution in [0.4, 0.5) is 4.39 Å². The lowest BCUT2D eigenvalue weighted by Crippen LogP contribution is -2.63. The minimum absolute atomic E-state index is 0. The van der Waals surface area contributed by atoms with Crippen molar-refractivity contribution in [1.82, 2.24) is 0 Å². The van der Waals surface area contributed by atoms with Crippen LogP contribution in [0.3, 0.4) is 0 Å². The lowest BCUT2D eigenvalue weighted by atomic mass is 9.44. The van der Waals surface area contributed by atoms with Gasteiger partial charge in [-0.05, 0) is 54.6 Å². The molecule has 226 valence electrons. The fourth-order valence-electron chi connectivity index (χ4n) is 8.54. The second-order valence-electron chi connectivity index (χ2n) is 12.9. The summed E-state index contributed by atoms with van der Waals surface area (Å²) in [7, 11) is -1.48. The molecule has 0 spiro atoms. The van der Waals surface area contributed by atoms with Crippen molar-refractivity contribution >= 4 is 36.7 Å². The molecule has 5 rings (SSSR count). The Kier molecular flexibility index (Phi) is 8.78. The largest absolute Gasteiger partial charge is 0.495 e. The van der Waals surface area contributed by atoms with Gasteiger partial charge >= 0.3 is 13.1 Å². The van der Waals surface area contributed by atoms with Crippen LogP contribution in [0.25, 0.3) is 0 Å². The smallest absolute Gasteiger partial charge is 0.479 e. The average molecular weight is 594 g/mol. The number of aliphatic hydroxyl groups excluding tert-OH is 1. The summed E-state index contributed by atoms with van der Waals surface area (Å²) in [5.41, 5.74) is 4.26. The van der Waals surface area contributed by atoms with Gasteiger partial charge < -0.3 is 30.0 Å². The van der Waals surface area contributed by atoms with Crippen LogP contribution in [0.1, 0.15) is 71.5 Å². The van der Waals surface area contributed by atoms with E-state index in [4.69, 9.17) is 19.9 Å². The Morgan fingerprint density at radius 3 is 2.68 bits per heavy atom. The fourth-order valence-corrected chi connectivity index (χ4v) is 8.54. The van der Waals surface area contributed by atoms with E-state index in [0.717, 1.165) is 12.8 Å². The third kappa shape index (κ3) is 4.74. The van der Waals surface area contributed by atoms with Gasteiger partial charge in [0.05, 0.1) is 12.2 Å². The van der Waals surface area contributed by atoms with Crippen molar-refractivity contribution in [2.75, 3.05) is 13.2 Å². The van der Waals surface area contributed by atoms with Gasteiger partial charge in [-0.2, -0.15) is 0 Å². The normalized spacial score (nSPS) is 39.6. The van der Waals surface area contributed by atoms with E-state index in [2.05, 4.69) is 27.4 Å². The topological polar surface area (TPSA) is 128 Å². The molecule has 0 aromatic heterocycles. The summed E-state index contributed by atoms with van der Waals surface area (Å²) in [6, 6.07) is 2.94. The molecule has 11 heteroatoms. The quantitative estimate of drug-likeness (QED) is 0.261. The third-order valence-electron chi connectivity index (χ3n) is 11.2. The molecule has 1 unspecified atom stereocenters. The zero-order valence-corrected chi connectivity index (χ0v) is 25.0. The summed E-state index contributed by atoms with van der Waals surface area (Å²) in [4.78, 5) is 26.8. The zero-order valence-electron chi connectivity index (χ0n) is 24.2. The minimum Gasteiger partial charge on any atom is -0.479 e. The van der Waals surface area contributed by atoms with E-state index in [0.29, 0.717) is 24.8 Å². The summed E-state index contributed by atoms with van der Waals surface area (Å²) >= 11 is 0. The molecule has 4 aliphatic rings. The molecule has 1 aromatic carbocycles. The Hall–Kier alpha value is -1.98. The number of Topliss-reactive ketones (excluding diaryl/α,β-unsaturated/α-hetero) is 1. The van der Waals surface area contributed by atoms with E-state index >= 15 is 4.39 Å². The first-order chi connectivity index (χ1) is 18.8. The van der Waals surface area contributed by atoms with Gasteiger partial charge in [0, 0.05) is 35.2 Å². The van der Waals surface area contributed by atoms with Crippen LogP contribution in [0.15, 0.2) is 24.8 Å². The van der Waals surface area contributed by atoms with Crippen molar-refractivity contribution in [1.29, 1.82) is 0 Å². The van der Waals surface area contributed by atoms with Gasteiger partial charge in [0.15, 0.2) is 18.2 Å². The molecule has 1 aliphatic heterocycles. The molecular weight excluding hydrogens is 552 g/mol. The summed E-state index contributed by atoms with van der Waals surface area (Å²) in [6.45, 7) is 11.7. The number of carbonyl (C=O) groups excluding carboxylic acids is 2. The number of fused-ring (bicyclic) bond motifs is 1. The highest BCUT2D eigenvalue weighted by molar-refractivity contribution is 6.62. The Balaban J connectivity index is 0.00000387. The van der Waals surface area contributed by atoms with Crippen LogP contribution < -0.4 is 15.9 Å². The number of benzene rings is 1. The first-order valence-corrected chi connectivity index (χ1v) is 14.4. The van der Waals surface area contributed by atoms with E-state index < -0.39 is 54.7 Å². The fraction of sp³-hybridized carbons (Fsp3) is 0.667. The second kappa shape index (κ2) is 11.3. The monoisotopic (exact) mass is 593 g/mol. The summed E-state index contributed by atoms with van der Waals surface area (Å²) < 4.78 is 32.2. The Morgan fingerprint density at radius 1 is 1.32 bits per heavy atom. The number of ether oxygens (including phenoxy) is 2. The maximum absolute atomic E-state index is 15.2. The van der Waals surface area contributed by atoms with Crippen LogP contribution in [0.5, 0.6) is 5.75 Å². The molecule has 1 heterocycles. The standard InChI is InChI=1S/C30H41BFNO7.ClH/c1-6-28(4)13-22(29(5)16(2)9-11-30(17(3)27(28)36)12-10-19(34)26(29)30)39-23(35)15-38-20-8-7-18-21(14-33)40-31(37)24(18)25(20)32;/h6-8,16-17,21-22,26-27,36-37H,1,9-15,33H2,2-5H3;1H/t16-,17-,21?,22+,26-,27-,28+,29-,30-;/m0./s1. The van der Waals surface area contributed by atoms with Gasteiger partial charge in [-0.15, -0.1) is 19.0 Å². The molecule has 3 aliphatic carbocycles. The third-order valence-corrected chi connectivity index (χ3v) is 11.2. The molecule has 0 saturated heterocycles. The van der Waals surface area contributed by atoms with Crippen molar-refractivity contribution in [3.05, 3.63) is 36.2 Å². The van der Waals surface area contributed by atoms with Gasteiger partial charge in [0.25, 0.3) is 0 Å². The lowest BCUT2D eigenvalue weighted by molar-refractivity contribution is -0.207. The predicted molar refractivity (Wildman–Crippen MR) is 154 cm³/mol. The van der Waals surface area contributed by atoms with E-state index in [9.17, 15) is 19.7 Å². The predicted octanol–water partition coefficient (Wildman–Crippen LogP) is 3.25. The van der Waals surface area contributed by atoms with Crippen molar-refractivity contribution in [2.45, 2.75) is 78.1 Å². The van der Waals surface area contributed by atoms with E-state index in [-0.39, 0.29) is 59.1 Å². The summed E-state index contributed by atoms with van der Waals surface area (Å²) in [5, 5.41) is 21.8. The molecule has 0 radical (unpaired) electrons. The van der Waals surface area contributed by atoms with Crippen LogP contribution in [0, 0.1) is 39.8 Å². The molecular formula is C30H42BClFNO7. The summed E-state index contributed by atoms with van der Waals surface area (Å²) in [5.74, 6) is -1.93. The number of hydrogen-bond donors (Lipinski definition) is 3. The number of halogens is 2. The van der Waals surface area contributed by atoms with Crippen molar-refractivity contribution in [3.8, 4) is 5.75 Å². The van der Waals surface area contributed by atoms with Gasteiger partial charge in [-0.3, -0.25) is 4.79 Å². The number of esters is 1. The Bertz CT molecular complexity index is 1220. The molecule has 9 atom stereocenters. The number of ketones is 1. The van der Waals surface area contributed by atoms with E-state index in [1.165, 1.54) is 6.07 Å². The van der Waals surface area contributed by atoms with Crippen molar-refractivity contribution in [3.63, 3.8) is 0 Å². The van der Waals surface area contributed by atoms with E-state index in [1.54, 1.807) is 12.1 Å². The first-order valence-electron chi connectivity index (χ1n) is 14.4. The number of aliphatic hydroxyl groups is 1. The number of nitrogens with two attached hydrogens (primary N) is 1. The second-order valence-corrected chi connectivity index (χ2v) is 12.9. The minimum atomic E-state index is -1.48. The van der Waals surface area contributed by atoms with Crippen LogP contribution in [-0.4, -0.2) is 54.4 Å². The highest BCUT2D eigenvalue weighted by Gasteiger charge is 2.68. The highest BCUT2D eigenvalue weighted by Crippen LogP contribution is 2.68. The van der Waals surface area contributed by atoms with Crippen LogP contribution in [0.2, 0.25) is 0 Å². The maximum atomic E-state index is 15.2. The molecule has 41 heavy (non-hydrogen) atoms. The van der Waals surface area contributed by atoms with Gasteiger partial charge in [0.2, 0.25) is 0 Å². The summed E-state index contributed by atoms with van der Waals surface area (Å²) in [6.07, 6.45) is 2.83. The van der Waals surface area contributed by atoms with E-state index in [1.807, 2.05) is 6.92 Å². The van der Waals surface area contributed by atoms with Crippen LogP contribution >= 0.6 is 12.4 Å². The molecule has 4 N–H and O–H groups in total. The molecule has 2 bridgehead atoms. The van der Waals surface area contributed by atoms with Gasteiger partial charge in [0.1, 0.15) is 11.9 Å². The number of rotatable bonds is 6. The number of carbonyl (C=O) groups is 2. The highest BCUT2D eigenvalue weighted by atomic mass is 35.5. The molecule has 1 aromatic rings. The molecule has 3 fully saturated rings. The van der Waals surface area contributed by atoms with Crippen molar-refractivity contribution < 1.29 is 38.2 Å². The average Bonchev–Trinajstić information content (AvgIpc) is 3.46. The maximum Gasteiger partial charge on any atom is 0.495 e. The SMILES string of the molecule is C=C[C@]1(C)C[C@@H](OC(=O)COc2ccc3c(c2F)B(O)OC3CN)[C@@]2(C)[C@@H]3C(=O)CC[C@@]3(CC[C@@H]2C)[C@@H](C)[C@@H]1O.Cl. The Labute approximate surface area is 247 Å². The molecule has 3 saturated carbocycles. The molecule has 8 nitrogen and oxygen atoms in total. The van der Waals surface area contributed by atoms with Crippen molar-refractivity contribution in [2.24, 2.45) is 39.7 Å². The molecule has 0 amide bonds. The number of hydrogen-bond acceptors (Lipinski definition) is 8. The van der Waals surface area contributed by atoms with Gasteiger partial charge in [-0.1, -0.05) is 39.8 Å². The lowest BCUT2D eigenvalue weighted by Gasteiger charge is -2.61. The van der Waals surface area contributed by atoms with Crippen LogP contribution in [-0.2, 0) is 19.0 Å². The first kappa shape index (κ1) is 31.9.